The number of halogens is 1. The summed E-state index contributed by atoms with van der Waals surface area (Å²) < 4.78 is 6.11. The molecule has 0 radical (unpaired) electrons. The average molecular weight is 217 g/mol. The summed E-state index contributed by atoms with van der Waals surface area (Å²) in [6.45, 7) is 0.570. The number of allylic oxidation sites excluding steroid dienone is 1. The van der Waals surface area contributed by atoms with Gasteiger partial charge in [-0.3, -0.25) is 4.79 Å². The van der Waals surface area contributed by atoms with Gasteiger partial charge in [-0.15, -0.1) is 0 Å². The van der Waals surface area contributed by atoms with Crippen LogP contribution in [0.15, 0.2) is 10.6 Å². The van der Waals surface area contributed by atoms with E-state index in [4.69, 9.17) is 4.74 Å². The van der Waals surface area contributed by atoms with E-state index in [1.165, 1.54) is 0 Å². The van der Waals surface area contributed by atoms with Gasteiger partial charge in [0.05, 0.1) is 12.5 Å². The van der Waals surface area contributed by atoms with E-state index < -0.39 is 0 Å². The molecule has 1 saturated heterocycles. The molecule has 2 nitrogen and oxygen atoms in total. The van der Waals surface area contributed by atoms with Gasteiger partial charge < -0.3 is 4.74 Å². The summed E-state index contributed by atoms with van der Waals surface area (Å²) in [6.07, 6.45) is 4.10. The van der Waals surface area contributed by atoms with Crippen LogP contribution in [0, 0.1) is 11.8 Å². The summed E-state index contributed by atoms with van der Waals surface area (Å²) >= 11 is 3.45. The maximum Gasteiger partial charge on any atom is 0.309 e. The number of fused-ring (bicyclic) bond motifs is 1. The summed E-state index contributed by atoms with van der Waals surface area (Å²) in [5.41, 5.74) is 0. The van der Waals surface area contributed by atoms with Crippen molar-refractivity contribution in [3.05, 3.63) is 10.6 Å². The predicted octanol–water partition coefficient (Wildman–Crippen LogP) is 1.85. The Balaban J connectivity index is 2.24. The van der Waals surface area contributed by atoms with Crippen LogP contribution in [0.2, 0.25) is 0 Å². The Morgan fingerprint density at radius 3 is 3.09 bits per heavy atom. The molecule has 0 spiro atoms. The summed E-state index contributed by atoms with van der Waals surface area (Å²) in [4.78, 5) is 11.1. The van der Waals surface area contributed by atoms with Crippen molar-refractivity contribution in [2.75, 3.05) is 6.61 Å². The smallest absolute Gasteiger partial charge is 0.309 e. The molecule has 0 bridgehead atoms. The quantitative estimate of drug-likeness (QED) is 0.578. The van der Waals surface area contributed by atoms with Crippen molar-refractivity contribution >= 4 is 21.9 Å². The second kappa shape index (κ2) is 2.63. The molecule has 0 N–H and O–H groups in total. The average Bonchev–Trinajstić information content (AvgIpc) is 2.35. The van der Waals surface area contributed by atoms with Crippen molar-refractivity contribution < 1.29 is 9.53 Å². The fourth-order valence-corrected chi connectivity index (χ4v) is 2.38. The van der Waals surface area contributed by atoms with E-state index in [2.05, 4.69) is 22.0 Å². The van der Waals surface area contributed by atoms with E-state index in [1.807, 2.05) is 0 Å². The number of carbonyl (C=O) groups excluding carboxylic acids is 1. The number of esters is 1. The van der Waals surface area contributed by atoms with Crippen LogP contribution in [0.3, 0.4) is 0 Å². The Hall–Kier alpha value is -0.310. The van der Waals surface area contributed by atoms with E-state index in [-0.39, 0.29) is 11.9 Å². The Kier molecular flexibility index (Phi) is 1.75. The normalized spacial score (nSPS) is 36.1. The highest BCUT2D eigenvalue weighted by Gasteiger charge is 2.39. The first-order valence-corrected chi connectivity index (χ1v) is 4.60. The fourth-order valence-electron chi connectivity index (χ4n) is 1.70. The summed E-state index contributed by atoms with van der Waals surface area (Å²) in [6, 6.07) is 0. The third-order valence-corrected chi connectivity index (χ3v) is 3.28. The monoisotopic (exact) mass is 216 g/mol. The molecule has 1 fully saturated rings. The van der Waals surface area contributed by atoms with Crippen molar-refractivity contribution in [1.82, 2.24) is 0 Å². The van der Waals surface area contributed by atoms with Gasteiger partial charge >= 0.3 is 5.97 Å². The number of cyclic esters (lactones) is 1. The minimum Gasteiger partial charge on any atom is -0.465 e. The van der Waals surface area contributed by atoms with Gasteiger partial charge in [-0.05, 0) is 17.3 Å². The maximum absolute atomic E-state index is 11.1. The Morgan fingerprint density at radius 1 is 1.55 bits per heavy atom. The van der Waals surface area contributed by atoms with E-state index in [0.29, 0.717) is 12.5 Å². The maximum atomic E-state index is 11.1. The number of hydrogen-bond acceptors (Lipinski definition) is 2. The van der Waals surface area contributed by atoms with Gasteiger partial charge in [-0.2, -0.15) is 0 Å². The van der Waals surface area contributed by atoms with Crippen molar-refractivity contribution in [2.45, 2.75) is 12.8 Å². The first kappa shape index (κ1) is 7.35. The van der Waals surface area contributed by atoms with Gasteiger partial charge in [0.15, 0.2) is 0 Å². The van der Waals surface area contributed by atoms with Crippen molar-refractivity contribution in [2.24, 2.45) is 11.8 Å². The Morgan fingerprint density at radius 2 is 2.36 bits per heavy atom. The van der Waals surface area contributed by atoms with Crippen molar-refractivity contribution in [3.8, 4) is 0 Å². The number of ether oxygens (including phenoxy) is 1. The van der Waals surface area contributed by atoms with Gasteiger partial charge in [-0.1, -0.05) is 22.0 Å². The lowest BCUT2D eigenvalue weighted by Gasteiger charge is -2.18. The highest BCUT2D eigenvalue weighted by Crippen LogP contribution is 2.38. The largest absolute Gasteiger partial charge is 0.465 e. The number of hydrogen-bond donors (Lipinski definition) is 0. The summed E-state index contributed by atoms with van der Waals surface area (Å²) in [5.74, 6) is 0.436. The molecule has 3 heteroatoms. The minimum absolute atomic E-state index is 0.0138. The molecule has 2 atom stereocenters. The third-order valence-electron chi connectivity index (χ3n) is 2.36. The standard InChI is InChI=1S/C8H9BrO2/c9-7-3-1-2-5-6(7)4-11-8(5)10/h3,5-6H,1-2,4H2/t5-,6-/m0/s1. The second-order valence-corrected chi connectivity index (χ2v) is 3.93. The molecular formula is C8H9BrO2. The van der Waals surface area contributed by atoms with Crippen LogP contribution < -0.4 is 0 Å². The second-order valence-electron chi connectivity index (χ2n) is 3.01. The minimum atomic E-state index is -0.0138. The third kappa shape index (κ3) is 1.11. The van der Waals surface area contributed by atoms with Crippen LogP contribution in [0.1, 0.15) is 12.8 Å². The molecule has 2 aliphatic rings. The lowest BCUT2D eigenvalue weighted by Crippen LogP contribution is -2.18. The topological polar surface area (TPSA) is 26.3 Å². The van der Waals surface area contributed by atoms with Crippen LogP contribution in [0.4, 0.5) is 0 Å². The lowest BCUT2D eigenvalue weighted by molar-refractivity contribution is -0.141. The number of rotatable bonds is 0. The molecule has 1 aliphatic heterocycles. The first-order valence-electron chi connectivity index (χ1n) is 3.81. The fraction of sp³-hybridized carbons (Fsp3) is 0.625. The van der Waals surface area contributed by atoms with Gasteiger partial charge in [-0.25, -0.2) is 0 Å². The Labute approximate surface area is 73.7 Å². The molecule has 1 aliphatic carbocycles. The zero-order chi connectivity index (χ0) is 7.84. The van der Waals surface area contributed by atoms with E-state index in [9.17, 15) is 4.79 Å². The van der Waals surface area contributed by atoms with Gasteiger partial charge in [0.2, 0.25) is 0 Å². The first-order chi connectivity index (χ1) is 5.29. The zero-order valence-corrected chi connectivity index (χ0v) is 7.63. The Bertz CT molecular complexity index is 222. The van der Waals surface area contributed by atoms with Crippen LogP contribution in [-0.2, 0) is 9.53 Å². The molecule has 0 unspecified atom stereocenters. The van der Waals surface area contributed by atoms with Crippen LogP contribution in [0.5, 0.6) is 0 Å². The molecular weight excluding hydrogens is 208 g/mol. The predicted molar refractivity (Wildman–Crippen MR) is 44.2 cm³/mol. The highest BCUT2D eigenvalue weighted by molar-refractivity contribution is 9.11. The molecule has 2 rings (SSSR count). The summed E-state index contributed by atoms with van der Waals surface area (Å²) in [7, 11) is 0. The highest BCUT2D eigenvalue weighted by atomic mass is 79.9. The summed E-state index contributed by atoms with van der Waals surface area (Å²) in [5, 5.41) is 0. The lowest BCUT2D eigenvalue weighted by atomic mass is 9.86. The van der Waals surface area contributed by atoms with Gasteiger partial charge in [0, 0.05) is 5.92 Å². The van der Waals surface area contributed by atoms with Crippen molar-refractivity contribution in [3.63, 3.8) is 0 Å². The molecule has 0 aromatic heterocycles. The number of carbonyl (C=O) groups is 1. The van der Waals surface area contributed by atoms with E-state index in [0.717, 1.165) is 17.3 Å². The molecule has 0 amide bonds. The van der Waals surface area contributed by atoms with Crippen molar-refractivity contribution in [1.29, 1.82) is 0 Å². The van der Waals surface area contributed by atoms with E-state index in [1.54, 1.807) is 0 Å². The molecule has 0 aromatic carbocycles. The van der Waals surface area contributed by atoms with Crippen LogP contribution in [-0.4, -0.2) is 12.6 Å². The zero-order valence-electron chi connectivity index (χ0n) is 6.05. The molecule has 0 aromatic rings. The van der Waals surface area contributed by atoms with Crippen LogP contribution >= 0.6 is 15.9 Å². The molecule has 11 heavy (non-hydrogen) atoms. The van der Waals surface area contributed by atoms with Gasteiger partial charge in [0.1, 0.15) is 0 Å². The molecule has 60 valence electrons. The van der Waals surface area contributed by atoms with E-state index >= 15 is 0 Å². The van der Waals surface area contributed by atoms with Crippen LogP contribution in [0.25, 0.3) is 0 Å². The molecule has 1 heterocycles. The van der Waals surface area contributed by atoms with Gasteiger partial charge in [0.25, 0.3) is 0 Å². The SMILES string of the molecule is O=C1OC[C@@H]2C(Br)=CCC[C@H]12. The molecule has 0 saturated carbocycles.